The van der Waals surface area contributed by atoms with Crippen molar-refractivity contribution >= 4 is 5.82 Å². The average molecular weight is 257 g/mol. The quantitative estimate of drug-likeness (QED) is 0.894. The van der Waals surface area contributed by atoms with Crippen LogP contribution in [-0.4, -0.2) is 24.1 Å². The fourth-order valence-corrected chi connectivity index (χ4v) is 1.90. The molecule has 0 atom stereocenters. The van der Waals surface area contributed by atoms with Gasteiger partial charge in [-0.15, -0.1) is 0 Å². The summed E-state index contributed by atoms with van der Waals surface area (Å²) in [6, 6.07) is 10.1. The number of benzene rings is 1. The molecule has 0 radical (unpaired) electrons. The van der Waals surface area contributed by atoms with Crippen molar-refractivity contribution in [2.75, 3.05) is 19.5 Å². The number of rotatable bonds is 5. The molecule has 0 aliphatic carbocycles. The van der Waals surface area contributed by atoms with Gasteiger partial charge in [0.1, 0.15) is 5.82 Å². The maximum Gasteiger partial charge on any atom is 0.161 e. The third-order valence-corrected chi connectivity index (χ3v) is 2.89. The van der Waals surface area contributed by atoms with Crippen LogP contribution in [0.1, 0.15) is 18.2 Å². The highest BCUT2D eigenvalue weighted by Gasteiger charge is 2.06. The van der Waals surface area contributed by atoms with Crippen LogP contribution in [0.15, 0.2) is 30.3 Å². The third kappa shape index (κ3) is 3.29. The normalized spacial score (nSPS) is 10.5. The molecule has 0 saturated carbocycles. The largest absolute Gasteiger partial charge is 0.380 e. The average Bonchev–Trinajstić information content (AvgIpc) is 2.47. The number of hydrogen-bond donors (Lipinski definition) is 1. The molecule has 4 heteroatoms. The van der Waals surface area contributed by atoms with E-state index in [9.17, 15) is 0 Å². The first kappa shape index (κ1) is 13.5. The van der Waals surface area contributed by atoms with E-state index >= 15 is 0 Å². The van der Waals surface area contributed by atoms with E-state index in [1.54, 1.807) is 7.11 Å². The number of anilines is 1. The van der Waals surface area contributed by atoms with Gasteiger partial charge in [-0.25, -0.2) is 9.97 Å². The van der Waals surface area contributed by atoms with E-state index in [1.807, 2.05) is 31.3 Å². The molecule has 0 bridgehead atoms. The zero-order valence-electron chi connectivity index (χ0n) is 11.6. The molecule has 0 fully saturated rings. The Morgan fingerprint density at radius 2 is 2.05 bits per heavy atom. The van der Waals surface area contributed by atoms with Gasteiger partial charge in [0.05, 0.1) is 6.61 Å². The summed E-state index contributed by atoms with van der Waals surface area (Å²) in [7, 11) is 3.56. The summed E-state index contributed by atoms with van der Waals surface area (Å²) in [5, 5.41) is 3.08. The van der Waals surface area contributed by atoms with Crippen molar-refractivity contribution in [3.63, 3.8) is 0 Å². The van der Waals surface area contributed by atoms with E-state index in [2.05, 4.69) is 28.3 Å². The number of hydrogen-bond acceptors (Lipinski definition) is 4. The second kappa shape index (κ2) is 6.29. The maximum absolute atomic E-state index is 5.16. The van der Waals surface area contributed by atoms with Gasteiger partial charge in [-0.2, -0.15) is 0 Å². The van der Waals surface area contributed by atoms with Crippen molar-refractivity contribution in [3.8, 4) is 11.4 Å². The van der Waals surface area contributed by atoms with Gasteiger partial charge in [0.2, 0.25) is 0 Å². The van der Waals surface area contributed by atoms with E-state index in [-0.39, 0.29) is 0 Å². The van der Waals surface area contributed by atoms with Crippen LogP contribution in [0.2, 0.25) is 0 Å². The molecule has 1 heterocycles. The molecule has 1 aromatic carbocycles. The van der Waals surface area contributed by atoms with Gasteiger partial charge in [-0.05, 0) is 18.1 Å². The van der Waals surface area contributed by atoms with E-state index in [1.165, 1.54) is 0 Å². The molecule has 0 aliphatic heterocycles. The summed E-state index contributed by atoms with van der Waals surface area (Å²) < 4.78 is 5.16. The van der Waals surface area contributed by atoms with E-state index in [4.69, 9.17) is 4.74 Å². The van der Waals surface area contributed by atoms with Crippen molar-refractivity contribution < 1.29 is 4.74 Å². The summed E-state index contributed by atoms with van der Waals surface area (Å²) in [4.78, 5) is 9.09. The highest BCUT2D eigenvalue weighted by Crippen LogP contribution is 2.19. The van der Waals surface area contributed by atoms with E-state index < -0.39 is 0 Å². The molecule has 0 aliphatic rings. The third-order valence-electron chi connectivity index (χ3n) is 2.89. The minimum absolute atomic E-state index is 0.597. The molecular formula is C15H19N3O. The first-order valence-electron chi connectivity index (χ1n) is 6.40. The van der Waals surface area contributed by atoms with Gasteiger partial charge < -0.3 is 10.1 Å². The van der Waals surface area contributed by atoms with Crippen LogP contribution in [0.25, 0.3) is 11.4 Å². The number of methoxy groups -OCH3 is 1. The molecule has 1 N–H and O–H groups in total. The van der Waals surface area contributed by atoms with Crippen LogP contribution in [0.3, 0.4) is 0 Å². The standard InChI is InChI=1S/C15H19N3O/c1-4-13-9-14(16-2)18-15(17-13)12-7-5-6-11(8-12)10-19-3/h5-9H,4,10H2,1-3H3,(H,16,17,18). The Hall–Kier alpha value is -1.94. The summed E-state index contributed by atoms with van der Waals surface area (Å²) >= 11 is 0. The lowest BCUT2D eigenvalue weighted by atomic mass is 10.1. The van der Waals surface area contributed by atoms with Gasteiger partial charge in [0.15, 0.2) is 5.82 Å². The molecule has 0 unspecified atom stereocenters. The van der Waals surface area contributed by atoms with Crippen LogP contribution in [0, 0.1) is 0 Å². The van der Waals surface area contributed by atoms with Crippen molar-refractivity contribution in [2.45, 2.75) is 20.0 Å². The molecule has 1 aromatic heterocycles. The number of ether oxygens (including phenoxy) is 1. The maximum atomic E-state index is 5.16. The van der Waals surface area contributed by atoms with Crippen LogP contribution in [0.4, 0.5) is 5.82 Å². The van der Waals surface area contributed by atoms with Gasteiger partial charge in [0.25, 0.3) is 0 Å². The molecule has 0 saturated heterocycles. The number of nitrogens with one attached hydrogen (secondary N) is 1. The molecule has 19 heavy (non-hydrogen) atoms. The Morgan fingerprint density at radius 1 is 1.21 bits per heavy atom. The Kier molecular flexibility index (Phi) is 4.47. The Morgan fingerprint density at radius 3 is 2.74 bits per heavy atom. The molecular weight excluding hydrogens is 238 g/mol. The molecule has 0 spiro atoms. The zero-order chi connectivity index (χ0) is 13.7. The Labute approximate surface area is 113 Å². The SMILES string of the molecule is CCc1cc(NC)nc(-c2cccc(COC)c2)n1. The summed E-state index contributed by atoms with van der Waals surface area (Å²) in [6.07, 6.45) is 0.891. The van der Waals surface area contributed by atoms with Gasteiger partial charge >= 0.3 is 0 Å². The Bertz CT molecular complexity index is 533. The highest BCUT2D eigenvalue weighted by atomic mass is 16.5. The summed E-state index contributed by atoms with van der Waals surface area (Å²) in [5.41, 5.74) is 3.17. The monoisotopic (exact) mass is 257 g/mol. The first-order chi connectivity index (χ1) is 9.26. The smallest absolute Gasteiger partial charge is 0.161 e. The van der Waals surface area contributed by atoms with Crippen LogP contribution in [0.5, 0.6) is 0 Å². The van der Waals surface area contributed by atoms with E-state index in [0.29, 0.717) is 6.61 Å². The summed E-state index contributed by atoms with van der Waals surface area (Å²) in [5.74, 6) is 1.60. The zero-order valence-corrected chi connectivity index (χ0v) is 11.6. The summed E-state index contributed by atoms with van der Waals surface area (Å²) in [6.45, 7) is 2.69. The number of nitrogens with zero attached hydrogens (tertiary/aromatic N) is 2. The van der Waals surface area contributed by atoms with E-state index in [0.717, 1.165) is 34.9 Å². The Balaban J connectivity index is 2.42. The fourth-order valence-electron chi connectivity index (χ4n) is 1.90. The van der Waals surface area contributed by atoms with Crippen molar-refractivity contribution in [2.24, 2.45) is 0 Å². The first-order valence-corrected chi connectivity index (χ1v) is 6.40. The van der Waals surface area contributed by atoms with Crippen molar-refractivity contribution in [1.82, 2.24) is 9.97 Å². The lowest BCUT2D eigenvalue weighted by Crippen LogP contribution is -2.00. The second-order valence-electron chi connectivity index (χ2n) is 4.31. The number of aryl methyl sites for hydroxylation is 1. The topological polar surface area (TPSA) is 47.0 Å². The fraction of sp³-hybridized carbons (Fsp3) is 0.333. The van der Waals surface area contributed by atoms with Crippen LogP contribution < -0.4 is 5.32 Å². The van der Waals surface area contributed by atoms with Crippen molar-refractivity contribution in [1.29, 1.82) is 0 Å². The van der Waals surface area contributed by atoms with Crippen LogP contribution in [-0.2, 0) is 17.8 Å². The lowest BCUT2D eigenvalue weighted by Gasteiger charge is -2.08. The molecule has 4 nitrogen and oxygen atoms in total. The lowest BCUT2D eigenvalue weighted by molar-refractivity contribution is 0.185. The molecule has 2 rings (SSSR count). The van der Waals surface area contributed by atoms with Crippen molar-refractivity contribution in [3.05, 3.63) is 41.6 Å². The van der Waals surface area contributed by atoms with Gasteiger partial charge in [0, 0.05) is 31.5 Å². The minimum Gasteiger partial charge on any atom is -0.380 e. The predicted octanol–water partition coefficient (Wildman–Crippen LogP) is 2.89. The van der Waals surface area contributed by atoms with Gasteiger partial charge in [-0.3, -0.25) is 0 Å². The minimum atomic E-state index is 0.597. The number of aromatic nitrogens is 2. The van der Waals surface area contributed by atoms with Crippen LogP contribution >= 0.6 is 0 Å². The second-order valence-corrected chi connectivity index (χ2v) is 4.31. The highest BCUT2D eigenvalue weighted by molar-refractivity contribution is 5.58. The molecule has 2 aromatic rings. The van der Waals surface area contributed by atoms with Gasteiger partial charge in [-0.1, -0.05) is 25.1 Å². The molecule has 100 valence electrons. The predicted molar refractivity (Wildman–Crippen MR) is 77.1 cm³/mol. The molecule has 0 amide bonds.